The molecule has 7 nitrogen and oxygen atoms in total. The molecule has 1 fully saturated rings. The molecule has 1 heterocycles. The second-order valence-electron chi connectivity index (χ2n) is 5.41. The van der Waals surface area contributed by atoms with Crippen LogP contribution in [0.1, 0.15) is 11.7 Å². The summed E-state index contributed by atoms with van der Waals surface area (Å²) in [5.74, 6) is 0.0681. The number of methoxy groups -OCH3 is 4. The van der Waals surface area contributed by atoms with Crippen molar-refractivity contribution >= 4 is 0 Å². The van der Waals surface area contributed by atoms with Gasteiger partial charge in [-0.2, -0.15) is 0 Å². The Kier molecular flexibility index (Phi) is 5.26. The quantitative estimate of drug-likeness (QED) is 0.706. The predicted molar refractivity (Wildman–Crippen MR) is 76.7 cm³/mol. The van der Waals surface area contributed by atoms with Gasteiger partial charge in [-0.3, -0.25) is 0 Å². The monoisotopic (exact) mass is 316 g/mol. The van der Waals surface area contributed by atoms with Crippen LogP contribution in [-0.2, 0) is 18.9 Å². The number of hydrogen-bond donors (Lipinski definition) is 2. The summed E-state index contributed by atoms with van der Waals surface area (Å²) in [7, 11) is 6.07. The first-order chi connectivity index (χ1) is 10.6. The number of ether oxygens (including phenoxy) is 4. The first-order valence-corrected chi connectivity index (χ1v) is 7.03. The normalized spacial score (nSPS) is 36.1. The van der Waals surface area contributed by atoms with Crippen molar-refractivity contribution < 1.29 is 33.6 Å². The summed E-state index contributed by atoms with van der Waals surface area (Å²) in [6.45, 7) is -0.256. The van der Waals surface area contributed by atoms with Crippen molar-refractivity contribution in [3.63, 3.8) is 0 Å². The summed E-state index contributed by atoms with van der Waals surface area (Å²) in [5.41, 5.74) is -2.09. The molecule has 0 amide bonds. The van der Waals surface area contributed by atoms with Crippen LogP contribution in [0.5, 0.6) is 0 Å². The van der Waals surface area contributed by atoms with Gasteiger partial charge in [0.25, 0.3) is 0 Å². The molecule has 0 spiro atoms. The molecule has 1 aromatic rings. The summed E-state index contributed by atoms with van der Waals surface area (Å²) in [6, 6.07) is 3.52. The van der Waals surface area contributed by atoms with Gasteiger partial charge in [0.2, 0.25) is 0 Å². The number of rotatable bonds is 8. The smallest absolute Gasteiger partial charge is 0.138 e. The van der Waals surface area contributed by atoms with Gasteiger partial charge in [0, 0.05) is 28.4 Å². The molecule has 0 saturated heterocycles. The molecule has 1 aliphatic rings. The van der Waals surface area contributed by atoms with Crippen molar-refractivity contribution in [1.82, 2.24) is 0 Å². The summed E-state index contributed by atoms with van der Waals surface area (Å²) < 4.78 is 27.8. The maximum Gasteiger partial charge on any atom is 0.138 e. The molecule has 1 unspecified atom stereocenters. The first-order valence-electron chi connectivity index (χ1n) is 7.03. The van der Waals surface area contributed by atoms with E-state index in [1.165, 1.54) is 20.5 Å². The van der Waals surface area contributed by atoms with Gasteiger partial charge in [0.1, 0.15) is 29.2 Å². The van der Waals surface area contributed by atoms with Crippen molar-refractivity contribution in [2.75, 3.05) is 41.7 Å². The van der Waals surface area contributed by atoms with Crippen molar-refractivity contribution in [2.24, 2.45) is 0 Å². The maximum absolute atomic E-state index is 10.4. The molecule has 2 rings (SSSR count). The van der Waals surface area contributed by atoms with Crippen LogP contribution in [-0.4, -0.2) is 75.3 Å². The molecule has 2 N–H and O–H groups in total. The molecule has 1 saturated carbocycles. The fourth-order valence-electron chi connectivity index (χ4n) is 3.81. The van der Waals surface area contributed by atoms with E-state index in [2.05, 4.69) is 0 Å². The summed E-state index contributed by atoms with van der Waals surface area (Å²) in [5, 5.41) is 19.9. The molecule has 7 heteroatoms. The largest absolute Gasteiger partial charge is 0.469 e. The van der Waals surface area contributed by atoms with Crippen molar-refractivity contribution in [3.8, 4) is 0 Å². The highest BCUT2D eigenvalue weighted by atomic mass is 16.6. The van der Waals surface area contributed by atoms with Crippen molar-refractivity contribution in [1.29, 1.82) is 0 Å². The van der Waals surface area contributed by atoms with Crippen LogP contribution >= 0.6 is 0 Å². The van der Waals surface area contributed by atoms with Gasteiger partial charge >= 0.3 is 0 Å². The molecular weight excluding hydrogens is 292 g/mol. The maximum atomic E-state index is 10.4. The van der Waals surface area contributed by atoms with Crippen LogP contribution in [0.2, 0.25) is 0 Å². The molecule has 0 aliphatic heterocycles. The Morgan fingerprint density at radius 3 is 2.41 bits per heavy atom. The van der Waals surface area contributed by atoms with Gasteiger partial charge in [-0.25, -0.2) is 0 Å². The topological polar surface area (TPSA) is 90.5 Å². The Balaban J connectivity index is 2.56. The minimum absolute atomic E-state index is 0.219. The number of aliphatic hydroxyl groups excluding tert-OH is 2. The van der Waals surface area contributed by atoms with E-state index < -0.39 is 35.9 Å². The molecule has 0 radical (unpaired) electrons. The zero-order chi connectivity index (χ0) is 16.4. The number of furan rings is 1. The van der Waals surface area contributed by atoms with Gasteiger partial charge in [0.05, 0.1) is 25.4 Å². The molecule has 1 aliphatic carbocycles. The van der Waals surface area contributed by atoms with Crippen LogP contribution in [0, 0.1) is 0 Å². The van der Waals surface area contributed by atoms with Crippen molar-refractivity contribution in [3.05, 3.63) is 24.2 Å². The van der Waals surface area contributed by atoms with E-state index in [9.17, 15) is 10.2 Å². The predicted octanol–water partition coefficient (Wildman–Crippen LogP) is 0.162. The first kappa shape index (κ1) is 17.4. The Bertz CT molecular complexity index is 462. The number of hydrogen-bond acceptors (Lipinski definition) is 7. The molecule has 5 atom stereocenters. The van der Waals surface area contributed by atoms with Gasteiger partial charge < -0.3 is 33.6 Å². The lowest BCUT2D eigenvalue weighted by atomic mass is 9.52. The SMILES string of the molecule is COC[C@@]1(OC)C(c2ccco2)[C@@](OC)([C@H](O)CO)[C@@H]1OC. The van der Waals surface area contributed by atoms with Crippen molar-refractivity contribution in [2.45, 2.75) is 29.3 Å². The third-order valence-electron chi connectivity index (χ3n) is 4.65. The van der Waals surface area contributed by atoms with Gasteiger partial charge in [-0.15, -0.1) is 0 Å². The molecule has 0 aromatic carbocycles. The van der Waals surface area contributed by atoms with Crippen LogP contribution in [0.4, 0.5) is 0 Å². The van der Waals surface area contributed by atoms with E-state index in [1.807, 2.05) is 0 Å². The van der Waals surface area contributed by atoms with Gasteiger partial charge in [0.15, 0.2) is 0 Å². The Morgan fingerprint density at radius 2 is 2.00 bits per heavy atom. The number of aliphatic hydroxyl groups is 2. The zero-order valence-electron chi connectivity index (χ0n) is 13.3. The lowest BCUT2D eigenvalue weighted by Gasteiger charge is -2.65. The summed E-state index contributed by atoms with van der Waals surface area (Å²) in [4.78, 5) is 0. The third-order valence-corrected chi connectivity index (χ3v) is 4.65. The van der Waals surface area contributed by atoms with Crippen LogP contribution in [0.15, 0.2) is 22.8 Å². The lowest BCUT2D eigenvalue weighted by molar-refractivity contribution is -0.351. The van der Waals surface area contributed by atoms with Gasteiger partial charge in [-0.05, 0) is 12.1 Å². The minimum atomic E-state index is -1.20. The van der Waals surface area contributed by atoms with Crippen LogP contribution < -0.4 is 0 Å². The Morgan fingerprint density at radius 1 is 1.27 bits per heavy atom. The highest BCUT2D eigenvalue weighted by molar-refractivity contribution is 5.35. The van der Waals surface area contributed by atoms with Crippen LogP contribution in [0.25, 0.3) is 0 Å². The average molecular weight is 316 g/mol. The fraction of sp³-hybridized carbons (Fsp3) is 0.733. The molecule has 126 valence electrons. The van der Waals surface area contributed by atoms with E-state index in [4.69, 9.17) is 23.4 Å². The second kappa shape index (κ2) is 6.66. The molecule has 1 aromatic heterocycles. The molecule has 0 bridgehead atoms. The average Bonchev–Trinajstić information content (AvgIpc) is 3.04. The highest BCUT2D eigenvalue weighted by Gasteiger charge is 2.77. The highest BCUT2D eigenvalue weighted by Crippen LogP contribution is 2.60. The van der Waals surface area contributed by atoms with E-state index >= 15 is 0 Å². The molecule has 22 heavy (non-hydrogen) atoms. The minimum Gasteiger partial charge on any atom is -0.469 e. The van der Waals surface area contributed by atoms with Crippen LogP contribution in [0.3, 0.4) is 0 Å². The fourth-order valence-corrected chi connectivity index (χ4v) is 3.81. The lowest BCUT2D eigenvalue weighted by Crippen LogP contribution is -2.83. The Labute approximate surface area is 129 Å². The van der Waals surface area contributed by atoms with E-state index in [1.54, 1.807) is 26.4 Å². The molecular formula is C15H24O7. The Hall–Kier alpha value is -0.960. The standard InChI is InChI=1S/C15H24O7/c1-18-9-14(20-3)12(10-6-5-7-22-10)15(21-4,11(17)8-16)13(14)19-2/h5-7,11-13,16-17H,8-9H2,1-4H3/t11-,12?,13-,14-,15+/m1/s1. The van der Waals surface area contributed by atoms with E-state index in [-0.39, 0.29) is 6.61 Å². The summed E-state index contributed by atoms with van der Waals surface area (Å²) >= 11 is 0. The van der Waals surface area contributed by atoms with E-state index in [0.717, 1.165) is 0 Å². The second-order valence-corrected chi connectivity index (χ2v) is 5.41. The van der Waals surface area contributed by atoms with Gasteiger partial charge in [-0.1, -0.05) is 0 Å². The third kappa shape index (κ3) is 2.12. The summed E-state index contributed by atoms with van der Waals surface area (Å²) in [6.07, 6.45) is -0.279. The zero-order valence-corrected chi connectivity index (χ0v) is 13.3. The van der Waals surface area contributed by atoms with E-state index in [0.29, 0.717) is 5.76 Å².